The third-order valence-electron chi connectivity index (χ3n) is 1.89. The summed E-state index contributed by atoms with van der Waals surface area (Å²) >= 11 is 0. The number of amides is 1. The van der Waals surface area contributed by atoms with E-state index in [4.69, 9.17) is 0 Å². The van der Waals surface area contributed by atoms with Crippen molar-refractivity contribution in [1.82, 2.24) is 10.6 Å². The third kappa shape index (κ3) is 2.30. The van der Waals surface area contributed by atoms with Gasteiger partial charge in [0.1, 0.15) is 5.66 Å². The molecule has 2 N–H and O–H groups in total. The van der Waals surface area contributed by atoms with Crippen LogP contribution in [0.5, 0.6) is 0 Å². The van der Waals surface area contributed by atoms with Gasteiger partial charge in [0, 0.05) is 6.92 Å². The molecule has 1 atom stereocenters. The number of hydrogen-bond donors (Lipinski definition) is 2. The van der Waals surface area contributed by atoms with Crippen molar-refractivity contribution < 1.29 is 9.59 Å². The van der Waals surface area contributed by atoms with Gasteiger partial charge in [0.25, 0.3) is 0 Å². The van der Waals surface area contributed by atoms with Crippen molar-refractivity contribution >= 4 is 12.2 Å². The monoisotopic (exact) mass is 172 g/mol. The van der Waals surface area contributed by atoms with E-state index in [2.05, 4.69) is 10.6 Å². The second kappa shape index (κ2) is 4.21. The molecule has 0 saturated carbocycles. The molecule has 70 valence electrons. The van der Waals surface area contributed by atoms with Crippen molar-refractivity contribution in [3.05, 3.63) is 0 Å². The molecule has 12 heavy (non-hydrogen) atoms. The van der Waals surface area contributed by atoms with E-state index >= 15 is 0 Å². The summed E-state index contributed by atoms with van der Waals surface area (Å²) in [6.45, 7) is 5.11. The molecule has 0 rings (SSSR count). The Hall–Kier alpha value is -0.900. The molecular formula is C8H16N2O2. The van der Waals surface area contributed by atoms with Gasteiger partial charge in [-0.15, -0.1) is 0 Å². The van der Waals surface area contributed by atoms with Crippen LogP contribution in [0.15, 0.2) is 0 Å². The minimum absolute atomic E-state index is 0.0175. The molecule has 0 aliphatic heterocycles. The first kappa shape index (κ1) is 11.1. The number of hydrogen-bond acceptors (Lipinski definition) is 3. The summed E-state index contributed by atoms with van der Waals surface area (Å²) < 4.78 is 0. The molecular weight excluding hydrogens is 156 g/mol. The van der Waals surface area contributed by atoms with Crippen LogP contribution in [0.2, 0.25) is 0 Å². The maximum Gasteiger partial charge on any atom is 0.218 e. The van der Waals surface area contributed by atoms with Crippen molar-refractivity contribution in [1.29, 1.82) is 0 Å². The van der Waals surface area contributed by atoms with Crippen molar-refractivity contribution in [2.24, 2.45) is 5.92 Å². The highest BCUT2D eigenvalue weighted by Crippen LogP contribution is 2.09. The molecule has 0 bridgehead atoms. The van der Waals surface area contributed by atoms with Crippen LogP contribution in [-0.2, 0) is 9.59 Å². The molecule has 0 aromatic heterocycles. The summed E-state index contributed by atoms with van der Waals surface area (Å²) in [4.78, 5) is 21.5. The molecule has 0 heterocycles. The molecule has 4 nitrogen and oxygen atoms in total. The van der Waals surface area contributed by atoms with E-state index in [1.165, 1.54) is 6.92 Å². The zero-order valence-corrected chi connectivity index (χ0v) is 7.97. The number of rotatable bonds is 4. The van der Waals surface area contributed by atoms with E-state index in [0.29, 0.717) is 0 Å². The summed E-state index contributed by atoms with van der Waals surface area (Å²) in [5.74, 6) is -0.200. The van der Waals surface area contributed by atoms with Gasteiger partial charge in [-0.3, -0.25) is 14.9 Å². The lowest BCUT2D eigenvalue weighted by atomic mass is 9.97. The van der Waals surface area contributed by atoms with E-state index in [1.807, 2.05) is 13.8 Å². The average molecular weight is 172 g/mol. The van der Waals surface area contributed by atoms with Gasteiger partial charge >= 0.3 is 0 Å². The molecule has 0 aliphatic rings. The fraction of sp³-hybridized carbons (Fsp3) is 0.750. The maximum absolute atomic E-state index is 10.8. The predicted molar refractivity (Wildman–Crippen MR) is 46.5 cm³/mol. The van der Waals surface area contributed by atoms with Crippen molar-refractivity contribution in [2.45, 2.75) is 26.4 Å². The molecule has 0 spiro atoms. The molecule has 1 unspecified atom stereocenters. The normalized spacial score (nSPS) is 15.4. The molecule has 0 aliphatic carbocycles. The summed E-state index contributed by atoms with van der Waals surface area (Å²) in [6, 6.07) is 0. The highest BCUT2D eigenvalue weighted by molar-refractivity contribution is 5.79. The number of carbonyl (C=O) groups is 2. The fourth-order valence-electron chi connectivity index (χ4n) is 1.01. The number of nitrogens with one attached hydrogen (secondary N) is 2. The zero-order chi connectivity index (χ0) is 9.78. The van der Waals surface area contributed by atoms with Crippen LogP contribution in [0.25, 0.3) is 0 Å². The summed E-state index contributed by atoms with van der Waals surface area (Å²) in [5.41, 5.74) is -0.925. The molecule has 4 heteroatoms. The van der Waals surface area contributed by atoms with Crippen molar-refractivity contribution in [2.75, 3.05) is 7.05 Å². The third-order valence-corrected chi connectivity index (χ3v) is 1.89. The van der Waals surface area contributed by atoms with E-state index in [9.17, 15) is 9.59 Å². The van der Waals surface area contributed by atoms with Gasteiger partial charge < -0.3 is 5.32 Å². The van der Waals surface area contributed by atoms with Crippen LogP contribution in [0, 0.1) is 5.92 Å². The van der Waals surface area contributed by atoms with Gasteiger partial charge in [-0.1, -0.05) is 13.8 Å². The largest absolute Gasteiger partial charge is 0.332 e. The smallest absolute Gasteiger partial charge is 0.218 e. The SMILES string of the molecule is CNC(C=O)(NC(C)=O)C(C)C. The van der Waals surface area contributed by atoms with Gasteiger partial charge in [0.05, 0.1) is 0 Å². The Morgan fingerprint density at radius 3 is 2.08 bits per heavy atom. The van der Waals surface area contributed by atoms with E-state index in [1.54, 1.807) is 7.05 Å². The van der Waals surface area contributed by atoms with Crippen LogP contribution >= 0.6 is 0 Å². The van der Waals surface area contributed by atoms with Gasteiger partial charge in [0.2, 0.25) is 5.91 Å². The lowest BCUT2D eigenvalue weighted by molar-refractivity contribution is -0.127. The predicted octanol–water partition coefficient (Wildman–Crippen LogP) is -0.107. The summed E-state index contributed by atoms with van der Waals surface area (Å²) in [7, 11) is 1.64. The minimum atomic E-state index is -0.925. The number of aldehydes is 1. The minimum Gasteiger partial charge on any atom is -0.332 e. The Morgan fingerprint density at radius 1 is 1.50 bits per heavy atom. The second-order valence-corrected chi connectivity index (χ2v) is 3.07. The fourth-order valence-corrected chi connectivity index (χ4v) is 1.01. The van der Waals surface area contributed by atoms with Gasteiger partial charge in [-0.05, 0) is 13.0 Å². The van der Waals surface area contributed by atoms with Crippen LogP contribution in [-0.4, -0.2) is 24.9 Å². The Labute approximate surface area is 72.7 Å². The standard InChI is InChI=1S/C8H16N2O2/c1-6(2)8(5-11,9-4)10-7(3)12/h5-6,9H,1-4H3,(H,10,12). The number of carbonyl (C=O) groups excluding carboxylic acids is 2. The van der Waals surface area contributed by atoms with E-state index in [-0.39, 0.29) is 11.8 Å². The Balaban J connectivity index is 4.57. The van der Waals surface area contributed by atoms with E-state index < -0.39 is 5.66 Å². The highest BCUT2D eigenvalue weighted by Gasteiger charge is 2.32. The van der Waals surface area contributed by atoms with E-state index in [0.717, 1.165) is 6.29 Å². The first-order valence-corrected chi connectivity index (χ1v) is 3.92. The van der Waals surface area contributed by atoms with Crippen LogP contribution < -0.4 is 10.6 Å². The van der Waals surface area contributed by atoms with Gasteiger partial charge in [-0.25, -0.2) is 0 Å². The topological polar surface area (TPSA) is 58.2 Å². The summed E-state index contributed by atoms with van der Waals surface area (Å²) in [6.07, 6.45) is 0.721. The van der Waals surface area contributed by atoms with Crippen LogP contribution in [0.4, 0.5) is 0 Å². The summed E-state index contributed by atoms with van der Waals surface area (Å²) in [5, 5.41) is 5.37. The molecule has 0 aromatic carbocycles. The molecule has 0 saturated heterocycles. The molecule has 0 radical (unpaired) electrons. The van der Waals surface area contributed by atoms with Crippen LogP contribution in [0.3, 0.4) is 0 Å². The first-order valence-electron chi connectivity index (χ1n) is 3.92. The van der Waals surface area contributed by atoms with Crippen molar-refractivity contribution in [3.63, 3.8) is 0 Å². The first-order chi connectivity index (χ1) is 5.48. The average Bonchev–Trinajstić information content (AvgIpc) is 1.99. The quantitative estimate of drug-likeness (QED) is 0.459. The van der Waals surface area contributed by atoms with Gasteiger partial charge in [0.15, 0.2) is 6.29 Å². The Kier molecular flexibility index (Phi) is 3.89. The lowest BCUT2D eigenvalue weighted by Crippen LogP contribution is -2.62. The molecule has 0 fully saturated rings. The Bertz CT molecular complexity index is 180. The Morgan fingerprint density at radius 2 is 2.00 bits per heavy atom. The van der Waals surface area contributed by atoms with Crippen molar-refractivity contribution in [3.8, 4) is 0 Å². The van der Waals surface area contributed by atoms with Crippen LogP contribution in [0.1, 0.15) is 20.8 Å². The molecule has 1 amide bonds. The zero-order valence-electron chi connectivity index (χ0n) is 7.97. The van der Waals surface area contributed by atoms with Gasteiger partial charge in [-0.2, -0.15) is 0 Å². The lowest BCUT2D eigenvalue weighted by Gasteiger charge is -2.32. The number of likely N-dealkylation sites (N-methyl/N-ethyl adjacent to an activating group) is 1. The maximum atomic E-state index is 10.8. The molecule has 0 aromatic rings. The highest BCUT2D eigenvalue weighted by atomic mass is 16.2. The second-order valence-electron chi connectivity index (χ2n) is 3.07.